The van der Waals surface area contributed by atoms with Crippen LogP contribution in [0, 0.1) is 20.2 Å². The van der Waals surface area contributed by atoms with Crippen LogP contribution in [0.2, 0.25) is 0 Å². The molecule has 1 aromatic rings. The van der Waals surface area contributed by atoms with Crippen LogP contribution in [0.15, 0.2) is 23.3 Å². The summed E-state index contributed by atoms with van der Waals surface area (Å²) < 4.78 is 0. The molecule has 0 aliphatic rings. The summed E-state index contributed by atoms with van der Waals surface area (Å²) in [7, 11) is 0. The average molecular weight is 322 g/mol. The van der Waals surface area contributed by atoms with Gasteiger partial charge in [0.25, 0.3) is 0 Å². The van der Waals surface area contributed by atoms with Gasteiger partial charge in [-0.05, 0) is 18.9 Å². The van der Waals surface area contributed by atoms with E-state index in [0.29, 0.717) is 0 Å². The summed E-state index contributed by atoms with van der Waals surface area (Å²) in [6.45, 7) is 2.17. The Morgan fingerprint density at radius 2 is 1.78 bits per heavy atom. The minimum absolute atomic E-state index is 0.0170. The topological polar surface area (TPSA) is 111 Å². The van der Waals surface area contributed by atoms with Crippen LogP contribution in [0.3, 0.4) is 0 Å². The van der Waals surface area contributed by atoms with Crippen LogP contribution < -0.4 is 5.43 Å². The van der Waals surface area contributed by atoms with E-state index in [4.69, 9.17) is 0 Å². The number of benzene rings is 1. The average Bonchev–Trinajstić information content (AvgIpc) is 2.52. The Morgan fingerprint density at radius 3 is 2.43 bits per heavy atom. The van der Waals surface area contributed by atoms with Gasteiger partial charge in [-0.15, -0.1) is 0 Å². The van der Waals surface area contributed by atoms with E-state index >= 15 is 0 Å². The second-order valence-corrected chi connectivity index (χ2v) is 5.17. The smallest absolute Gasteiger partial charge is 0.272 e. The number of nitro benzene ring substituents is 2. The first-order valence-electron chi connectivity index (χ1n) is 7.77. The minimum atomic E-state index is -0.774. The lowest BCUT2D eigenvalue weighted by Crippen LogP contribution is -2.01. The molecule has 0 amide bonds. The third-order valence-electron chi connectivity index (χ3n) is 3.36. The van der Waals surface area contributed by atoms with Gasteiger partial charge >= 0.3 is 11.4 Å². The number of rotatable bonds is 11. The molecule has 0 saturated carbocycles. The molecule has 1 rings (SSSR count). The van der Waals surface area contributed by atoms with E-state index in [9.17, 15) is 20.2 Å². The normalized spacial score (nSPS) is 10.8. The lowest BCUT2D eigenvalue weighted by atomic mass is 10.1. The van der Waals surface area contributed by atoms with E-state index in [2.05, 4.69) is 17.5 Å². The summed E-state index contributed by atoms with van der Waals surface area (Å²) in [5.41, 5.74) is 1.42. The van der Waals surface area contributed by atoms with Crippen LogP contribution >= 0.6 is 0 Å². The molecule has 8 nitrogen and oxygen atoms in total. The van der Waals surface area contributed by atoms with E-state index in [1.54, 1.807) is 6.21 Å². The minimum Gasteiger partial charge on any atom is -0.272 e. The Balaban J connectivity index is 2.51. The Bertz CT molecular complexity index is 560. The molecule has 0 aliphatic carbocycles. The molecule has 0 radical (unpaired) electrons. The maximum absolute atomic E-state index is 11.0. The fourth-order valence-electron chi connectivity index (χ4n) is 2.16. The van der Waals surface area contributed by atoms with E-state index in [0.717, 1.165) is 25.3 Å². The molecular formula is C15H22N4O4. The first-order chi connectivity index (χ1) is 11.1. The molecule has 0 unspecified atom stereocenters. The van der Waals surface area contributed by atoms with Crippen molar-refractivity contribution in [2.45, 2.75) is 51.9 Å². The van der Waals surface area contributed by atoms with Gasteiger partial charge in [-0.3, -0.25) is 25.7 Å². The third kappa shape index (κ3) is 6.41. The van der Waals surface area contributed by atoms with Crippen molar-refractivity contribution in [3.63, 3.8) is 0 Å². The van der Waals surface area contributed by atoms with Gasteiger partial charge in [0, 0.05) is 12.3 Å². The lowest BCUT2D eigenvalue weighted by Gasteiger charge is -2.02. The van der Waals surface area contributed by atoms with Gasteiger partial charge in [-0.25, -0.2) is 0 Å². The summed E-state index contributed by atoms with van der Waals surface area (Å²) in [6, 6.07) is 3.88. The molecule has 126 valence electrons. The predicted octanol–water partition coefficient (Wildman–Crippen LogP) is 4.65. The predicted molar refractivity (Wildman–Crippen MR) is 89.9 cm³/mol. The van der Waals surface area contributed by atoms with Crippen molar-refractivity contribution in [1.82, 2.24) is 0 Å². The van der Waals surface area contributed by atoms with Crippen molar-refractivity contribution in [2.24, 2.45) is 5.10 Å². The molecule has 1 aromatic carbocycles. The van der Waals surface area contributed by atoms with Crippen LogP contribution in [-0.2, 0) is 0 Å². The van der Waals surface area contributed by atoms with Crippen LogP contribution in [0.25, 0.3) is 0 Å². The molecule has 0 spiro atoms. The van der Waals surface area contributed by atoms with Crippen LogP contribution in [0.4, 0.5) is 17.1 Å². The zero-order valence-electron chi connectivity index (χ0n) is 13.2. The molecule has 0 atom stereocenters. The molecule has 23 heavy (non-hydrogen) atoms. The molecule has 0 heterocycles. The number of nitrogens with one attached hydrogen (secondary N) is 1. The molecular weight excluding hydrogens is 300 g/mol. The summed E-state index contributed by atoms with van der Waals surface area (Å²) in [4.78, 5) is 20.3. The molecule has 0 bridgehead atoms. The van der Waals surface area contributed by atoms with Crippen molar-refractivity contribution in [1.29, 1.82) is 0 Å². The Kier molecular flexibility index (Phi) is 8.27. The summed E-state index contributed by atoms with van der Waals surface area (Å²) >= 11 is 0. The van der Waals surface area contributed by atoms with E-state index in [1.165, 1.54) is 37.8 Å². The highest BCUT2D eigenvalue weighted by Crippen LogP contribution is 2.34. The maximum atomic E-state index is 11.0. The second kappa shape index (κ2) is 10.3. The summed E-state index contributed by atoms with van der Waals surface area (Å²) in [5, 5.41) is 25.8. The number of anilines is 1. The second-order valence-electron chi connectivity index (χ2n) is 5.17. The quantitative estimate of drug-likeness (QED) is 0.276. The van der Waals surface area contributed by atoms with E-state index < -0.39 is 21.2 Å². The third-order valence-corrected chi connectivity index (χ3v) is 3.36. The first kappa shape index (κ1) is 18.5. The summed E-state index contributed by atoms with van der Waals surface area (Å²) in [5.74, 6) is 0. The molecule has 0 aliphatic heterocycles. The van der Waals surface area contributed by atoms with Crippen molar-refractivity contribution in [2.75, 3.05) is 5.43 Å². The van der Waals surface area contributed by atoms with Gasteiger partial charge in [-0.1, -0.05) is 45.1 Å². The highest BCUT2D eigenvalue weighted by atomic mass is 16.6. The van der Waals surface area contributed by atoms with Crippen molar-refractivity contribution < 1.29 is 9.85 Å². The SMILES string of the molecule is CCCCCCCCC=NNc1cccc([N+](=O)[O-])c1[N+](=O)[O-]. The zero-order chi connectivity index (χ0) is 17.1. The molecule has 0 saturated heterocycles. The molecule has 8 heteroatoms. The van der Waals surface area contributed by atoms with Gasteiger partial charge < -0.3 is 0 Å². The molecule has 0 aromatic heterocycles. The maximum Gasteiger partial charge on any atom is 0.370 e. The highest BCUT2D eigenvalue weighted by molar-refractivity contribution is 5.72. The first-order valence-corrected chi connectivity index (χ1v) is 7.77. The Labute approximate surface area is 134 Å². The lowest BCUT2D eigenvalue weighted by molar-refractivity contribution is -0.421. The van der Waals surface area contributed by atoms with Gasteiger partial charge in [0.15, 0.2) is 0 Å². The molecule has 0 fully saturated rings. The van der Waals surface area contributed by atoms with Crippen LogP contribution in [0.1, 0.15) is 51.9 Å². The molecule has 1 N–H and O–H groups in total. The Morgan fingerprint density at radius 1 is 1.09 bits per heavy atom. The number of para-hydroxylation sites is 1. The number of hydrogen-bond donors (Lipinski definition) is 1. The fourth-order valence-corrected chi connectivity index (χ4v) is 2.16. The number of nitro groups is 2. The van der Waals surface area contributed by atoms with Crippen molar-refractivity contribution in [3.8, 4) is 0 Å². The fraction of sp³-hybridized carbons (Fsp3) is 0.533. The Hall–Kier alpha value is -2.51. The monoisotopic (exact) mass is 322 g/mol. The van der Waals surface area contributed by atoms with Crippen LogP contribution in [0.5, 0.6) is 0 Å². The number of hydrogen-bond acceptors (Lipinski definition) is 6. The van der Waals surface area contributed by atoms with Gasteiger partial charge in [0.1, 0.15) is 5.69 Å². The largest absolute Gasteiger partial charge is 0.370 e. The highest BCUT2D eigenvalue weighted by Gasteiger charge is 2.27. The van der Waals surface area contributed by atoms with Crippen molar-refractivity contribution >= 4 is 23.3 Å². The van der Waals surface area contributed by atoms with E-state index in [1.807, 2.05) is 0 Å². The van der Waals surface area contributed by atoms with E-state index in [-0.39, 0.29) is 5.69 Å². The van der Waals surface area contributed by atoms with Gasteiger partial charge in [0.05, 0.1) is 9.85 Å². The van der Waals surface area contributed by atoms with Gasteiger partial charge in [-0.2, -0.15) is 5.10 Å². The zero-order valence-corrected chi connectivity index (χ0v) is 13.2. The van der Waals surface area contributed by atoms with Crippen LogP contribution in [-0.4, -0.2) is 16.1 Å². The number of hydrazone groups is 1. The number of nitrogens with zero attached hydrogens (tertiary/aromatic N) is 3. The van der Waals surface area contributed by atoms with Gasteiger partial charge in [0.2, 0.25) is 0 Å². The number of unbranched alkanes of at least 4 members (excludes halogenated alkanes) is 6. The van der Waals surface area contributed by atoms with Crippen molar-refractivity contribution in [3.05, 3.63) is 38.4 Å². The summed E-state index contributed by atoms with van der Waals surface area (Å²) in [6.07, 6.45) is 9.45. The standard InChI is InChI=1S/C15H22N4O4/c1-2-3-4-5-6-7-8-12-16-17-13-10-9-11-14(18(20)21)15(13)19(22)23/h9-12,17H,2-8H2,1H3.